The number of hydrogen-bond acceptors (Lipinski definition) is 5. The van der Waals surface area contributed by atoms with Crippen molar-refractivity contribution < 1.29 is 9.47 Å². The van der Waals surface area contributed by atoms with E-state index in [1.165, 1.54) is 0 Å². The fourth-order valence-electron chi connectivity index (χ4n) is 2.34. The van der Waals surface area contributed by atoms with Gasteiger partial charge in [0.25, 0.3) is 0 Å². The highest BCUT2D eigenvalue weighted by molar-refractivity contribution is 4.92. The molecule has 6 heteroatoms. The second kappa shape index (κ2) is 8.36. The Balaban J connectivity index is 1.73. The number of imidazole rings is 1. The third kappa shape index (κ3) is 4.86. The summed E-state index contributed by atoms with van der Waals surface area (Å²) in [7, 11) is 3.88. The summed E-state index contributed by atoms with van der Waals surface area (Å²) < 4.78 is 12.6. The zero-order chi connectivity index (χ0) is 14.2. The first-order valence-corrected chi connectivity index (χ1v) is 7.27. The summed E-state index contributed by atoms with van der Waals surface area (Å²) in [5.41, 5.74) is 0. The Morgan fingerprint density at radius 1 is 1.35 bits per heavy atom. The number of hydrogen-bond donors (Lipinski definition) is 0. The first-order chi connectivity index (χ1) is 9.79. The zero-order valence-corrected chi connectivity index (χ0v) is 12.6. The molecule has 0 bridgehead atoms. The molecule has 0 aliphatic carbocycles. The average molecular weight is 282 g/mol. The molecule has 2 rings (SSSR count). The predicted octanol–water partition coefficient (Wildman–Crippen LogP) is 0.294. The zero-order valence-electron chi connectivity index (χ0n) is 12.6. The molecule has 0 saturated carbocycles. The van der Waals surface area contributed by atoms with E-state index >= 15 is 0 Å². The van der Waals surface area contributed by atoms with Gasteiger partial charge in [-0.3, -0.25) is 9.80 Å². The molecule has 1 aromatic rings. The van der Waals surface area contributed by atoms with Gasteiger partial charge in [0.2, 0.25) is 0 Å². The Bertz CT molecular complexity index is 377. The van der Waals surface area contributed by atoms with Crippen molar-refractivity contribution in [2.24, 2.45) is 0 Å². The van der Waals surface area contributed by atoms with Gasteiger partial charge in [-0.1, -0.05) is 0 Å². The van der Waals surface area contributed by atoms with Gasteiger partial charge in [-0.15, -0.1) is 0 Å². The molecule has 6 nitrogen and oxygen atoms in total. The molecule has 0 amide bonds. The number of methoxy groups -OCH3 is 1. The fourth-order valence-corrected chi connectivity index (χ4v) is 2.34. The maximum atomic E-state index is 5.36. The van der Waals surface area contributed by atoms with E-state index in [4.69, 9.17) is 9.47 Å². The average Bonchev–Trinajstić information content (AvgIpc) is 2.91. The van der Waals surface area contributed by atoms with Crippen LogP contribution < -0.4 is 0 Å². The second-order valence-electron chi connectivity index (χ2n) is 5.22. The molecule has 114 valence electrons. The standard InChI is InChI=1S/C14H26N4O2/c1-16(5-6-17-7-11-20-12-8-17)13-14-15-3-4-18(14)9-10-19-2/h3-4H,5-13H2,1-2H3. The van der Waals surface area contributed by atoms with Gasteiger partial charge in [0, 0.05) is 52.2 Å². The SMILES string of the molecule is COCCn1ccnc1CN(C)CCN1CCOCC1. The molecular weight excluding hydrogens is 256 g/mol. The van der Waals surface area contributed by atoms with Gasteiger partial charge in [-0.25, -0.2) is 4.98 Å². The summed E-state index contributed by atoms with van der Waals surface area (Å²) in [5, 5.41) is 0. The van der Waals surface area contributed by atoms with E-state index in [-0.39, 0.29) is 0 Å². The van der Waals surface area contributed by atoms with Crippen LogP contribution in [0.3, 0.4) is 0 Å². The number of ether oxygens (including phenoxy) is 2. The number of likely N-dealkylation sites (N-methyl/N-ethyl adjacent to an activating group) is 1. The normalized spacial score (nSPS) is 16.9. The molecule has 0 aromatic carbocycles. The Morgan fingerprint density at radius 2 is 2.15 bits per heavy atom. The molecule has 0 N–H and O–H groups in total. The van der Waals surface area contributed by atoms with Gasteiger partial charge >= 0.3 is 0 Å². The monoisotopic (exact) mass is 282 g/mol. The summed E-state index contributed by atoms with van der Waals surface area (Å²) in [4.78, 5) is 9.21. The number of rotatable bonds is 8. The van der Waals surface area contributed by atoms with Crippen LogP contribution in [0, 0.1) is 0 Å². The van der Waals surface area contributed by atoms with Crippen LogP contribution in [0.2, 0.25) is 0 Å². The molecule has 1 saturated heterocycles. The van der Waals surface area contributed by atoms with E-state index in [0.717, 1.165) is 64.9 Å². The third-order valence-electron chi connectivity index (χ3n) is 3.65. The van der Waals surface area contributed by atoms with E-state index < -0.39 is 0 Å². The van der Waals surface area contributed by atoms with Crippen LogP contribution in [0.25, 0.3) is 0 Å². The van der Waals surface area contributed by atoms with Gasteiger partial charge in [-0.05, 0) is 7.05 Å². The van der Waals surface area contributed by atoms with E-state index in [9.17, 15) is 0 Å². The summed E-state index contributed by atoms with van der Waals surface area (Å²) in [6.07, 6.45) is 3.88. The van der Waals surface area contributed by atoms with Gasteiger partial charge in [-0.2, -0.15) is 0 Å². The van der Waals surface area contributed by atoms with Crippen LogP contribution in [0.15, 0.2) is 12.4 Å². The van der Waals surface area contributed by atoms with Crippen LogP contribution >= 0.6 is 0 Å². The Morgan fingerprint density at radius 3 is 2.90 bits per heavy atom. The quantitative estimate of drug-likeness (QED) is 0.686. The second-order valence-corrected chi connectivity index (χ2v) is 5.22. The highest BCUT2D eigenvalue weighted by atomic mass is 16.5. The molecule has 0 atom stereocenters. The smallest absolute Gasteiger partial charge is 0.122 e. The topological polar surface area (TPSA) is 42.8 Å². The van der Waals surface area contributed by atoms with Crippen molar-refractivity contribution in [3.05, 3.63) is 18.2 Å². The molecule has 0 radical (unpaired) electrons. The summed E-state index contributed by atoms with van der Waals surface area (Å²) in [5.74, 6) is 1.10. The highest BCUT2D eigenvalue weighted by Gasteiger charge is 2.12. The van der Waals surface area contributed by atoms with Gasteiger partial charge in [0.05, 0.1) is 26.4 Å². The Kier molecular flexibility index (Phi) is 6.46. The molecule has 0 spiro atoms. The number of nitrogens with zero attached hydrogens (tertiary/aromatic N) is 4. The van der Waals surface area contributed by atoms with Crippen LogP contribution in [-0.4, -0.2) is 79.5 Å². The summed E-state index contributed by atoms with van der Waals surface area (Å²) >= 11 is 0. The predicted molar refractivity (Wildman–Crippen MR) is 77.7 cm³/mol. The van der Waals surface area contributed by atoms with E-state index in [2.05, 4.69) is 26.4 Å². The van der Waals surface area contributed by atoms with Gasteiger partial charge in [0.15, 0.2) is 0 Å². The molecule has 1 aliphatic rings. The lowest BCUT2D eigenvalue weighted by molar-refractivity contribution is 0.0340. The number of aromatic nitrogens is 2. The van der Waals surface area contributed by atoms with Crippen molar-refractivity contribution in [3.8, 4) is 0 Å². The minimum atomic E-state index is 0.723. The lowest BCUT2D eigenvalue weighted by Gasteiger charge is -2.28. The van der Waals surface area contributed by atoms with Gasteiger partial charge in [0.1, 0.15) is 5.82 Å². The lowest BCUT2D eigenvalue weighted by atomic mass is 10.4. The Labute approximate surface area is 121 Å². The molecular formula is C14H26N4O2. The molecule has 1 fully saturated rings. The van der Waals surface area contributed by atoms with Crippen molar-refractivity contribution in [3.63, 3.8) is 0 Å². The summed E-state index contributed by atoms with van der Waals surface area (Å²) in [6, 6.07) is 0. The summed E-state index contributed by atoms with van der Waals surface area (Å²) in [6.45, 7) is 8.45. The minimum absolute atomic E-state index is 0.723. The maximum Gasteiger partial charge on any atom is 0.122 e. The van der Waals surface area contributed by atoms with Gasteiger partial charge < -0.3 is 14.0 Å². The van der Waals surface area contributed by atoms with Crippen molar-refractivity contribution in [1.82, 2.24) is 19.4 Å². The molecule has 1 aromatic heterocycles. The first kappa shape index (κ1) is 15.4. The van der Waals surface area contributed by atoms with Crippen LogP contribution in [0.4, 0.5) is 0 Å². The minimum Gasteiger partial charge on any atom is -0.383 e. The van der Waals surface area contributed by atoms with E-state index in [1.54, 1.807) is 7.11 Å². The Hall–Kier alpha value is -0.950. The number of morpholine rings is 1. The molecule has 2 heterocycles. The van der Waals surface area contributed by atoms with Crippen molar-refractivity contribution >= 4 is 0 Å². The van der Waals surface area contributed by atoms with Crippen LogP contribution in [0.1, 0.15) is 5.82 Å². The first-order valence-electron chi connectivity index (χ1n) is 7.27. The third-order valence-corrected chi connectivity index (χ3v) is 3.65. The largest absolute Gasteiger partial charge is 0.383 e. The lowest BCUT2D eigenvalue weighted by Crippen LogP contribution is -2.40. The van der Waals surface area contributed by atoms with E-state index in [1.807, 2.05) is 12.4 Å². The highest BCUT2D eigenvalue weighted by Crippen LogP contribution is 2.03. The maximum absolute atomic E-state index is 5.36. The van der Waals surface area contributed by atoms with Crippen molar-refractivity contribution in [2.45, 2.75) is 13.1 Å². The molecule has 20 heavy (non-hydrogen) atoms. The van der Waals surface area contributed by atoms with E-state index in [0.29, 0.717) is 0 Å². The molecule has 1 aliphatic heterocycles. The van der Waals surface area contributed by atoms with Crippen LogP contribution in [-0.2, 0) is 22.6 Å². The van der Waals surface area contributed by atoms with Crippen molar-refractivity contribution in [1.29, 1.82) is 0 Å². The van der Waals surface area contributed by atoms with Crippen molar-refractivity contribution in [2.75, 3.05) is 60.2 Å². The molecule has 0 unspecified atom stereocenters. The van der Waals surface area contributed by atoms with Crippen LogP contribution in [0.5, 0.6) is 0 Å². The fraction of sp³-hybridized carbons (Fsp3) is 0.786.